The molecule has 4 nitrogen and oxygen atoms in total. The predicted molar refractivity (Wildman–Crippen MR) is 109 cm³/mol. The summed E-state index contributed by atoms with van der Waals surface area (Å²) in [4.78, 5) is 6.47. The molecule has 0 radical (unpaired) electrons. The Hall–Kier alpha value is -3.25. The Bertz CT molecular complexity index is 1060. The number of halogens is 2. The molecule has 0 amide bonds. The predicted octanol–water partition coefficient (Wildman–Crippen LogP) is 5.02. The molecule has 0 fully saturated rings. The van der Waals surface area contributed by atoms with E-state index in [1.54, 1.807) is 12.4 Å². The van der Waals surface area contributed by atoms with Gasteiger partial charge in [-0.25, -0.2) is 13.8 Å². The van der Waals surface area contributed by atoms with Crippen molar-refractivity contribution in [1.82, 2.24) is 0 Å². The fraction of sp³-hybridized carbons (Fsp3) is 0.174. The average Bonchev–Trinajstić information content (AvgIpc) is 2.73. The van der Waals surface area contributed by atoms with E-state index in [4.69, 9.17) is 4.74 Å². The second kappa shape index (κ2) is 8.01. The van der Waals surface area contributed by atoms with Crippen molar-refractivity contribution in [2.45, 2.75) is 26.7 Å². The van der Waals surface area contributed by atoms with E-state index in [9.17, 15) is 13.9 Å². The van der Waals surface area contributed by atoms with Gasteiger partial charge in [-0.15, -0.1) is 0 Å². The molecule has 0 saturated heterocycles. The summed E-state index contributed by atoms with van der Waals surface area (Å²) in [6, 6.07) is 14.9. The van der Waals surface area contributed by atoms with E-state index in [-0.39, 0.29) is 18.8 Å². The molecule has 148 valence electrons. The molecular weight excluding hydrogens is 374 g/mol. The minimum absolute atomic E-state index is 0.0219. The van der Waals surface area contributed by atoms with Crippen LogP contribution < -0.4 is 9.64 Å². The number of aliphatic hydroxyl groups is 1. The Kier molecular flexibility index (Phi) is 5.27. The van der Waals surface area contributed by atoms with Gasteiger partial charge < -0.3 is 14.7 Å². The normalized spacial score (nSPS) is 12.8. The summed E-state index contributed by atoms with van der Waals surface area (Å²) in [5.41, 5.74) is 4.53. The lowest BCUT2D eigenvalue weighted by molar-refractivity contribution is 0.281. The highest BCUT2D eigenvalue weighted by Crippen LogP contribution is 2.32. The van der Waals surface area contributed by atoms with Crippen LogP contribution in [0.3, 0.4) is 0 Å². The van der Waals surface area contributed by atoms with Gasteiger partial charge in [-0.2, -0.15) is 0 Å². The Labute approximate surface area is 167 Å². The molecule has 0 aliphatic carbocycles. The van der Waals surface area contributed by atoms with E-state index in [1.807, 2.05) is 42.2 Å². The van der Waals surface area contributed by atoms with Gasteiger partial charge in [0.1, 0.15) is 24.0 Å². The van der Waals surface area contributed by atoms with E-state index in [0.29, 0.717) is 12.3 Å². The largest absolute Gasteiger partial charge is 0.489 e. The molecule has 0 atom stereocenters. The van der Waals surface area contributed by atoms with Crippen molar-refractivity contribution in [3.63, 3.8) is 0 Å². The van der Waals surface area contributed by atoms with Gasteiger partial charge in [-0.05, 0) is 53.9 Å². The maximum Gasteiger partial charge on any atom is 0.132 e. The van der Waals surface area contributed by atoms with Crippen molar-refractivity contribution >= 4 is 17.7 Å². The first-order chi connectivity index (χ1) is 14.0. The molecule has 29 heavy (non-hydrogen) atoms. The Balaban J connectivity index is 1.56. The topological polar surface area (TPSA) is 45.1 Å². The maximum absolute atomic E-state index is 13.8. The quantitative estimate of drug-likeness (QED) is 0.661. The molecular formula is C23H20F2N2O2. The lowest BCUT2D eigenvalue weighted by Gasteiger charge is -2.26. The van der Waals surface area contributed by atoms with Gasteiger partial charge >= 0.3 is 0 Å². The van der Waals surface area contributed by atoms with Crippen LogP contribution in [0.1, 0.15) is 22.3 Å². The highest BCUT2D eigenvalue weighted by Gasteiger charge is 2.17. The van der Waals surface area contributed by atoms with Crippen LogP contribution in [-0.4, -0.2) is 11.4 Å². The zero-order chi connectivity index (χ0) is 20.4. The van der Waals surface area contributed by atoms with Crippen molar-refractivity contribution in [2.75, 3.05) is 4.90 Å². The van der Waals surface area contributed by atoms with Crippen LogP contribution in [-0.2, 0) is 19.8 Å². The number of rotatable bonds is 5. The van der Waals surface area contributed by atoms with E-state index >= 15 is 0 Å². The first kappa shape index (κ1) is 19.1. The van der Waals surface area contributed by atoms with Crippen LogP contribution in [0.15, 0.2) is 59.6 Å². The third-order valence-corrected chi connectivity index (χ3v) is 4.94. The van der Waals surface area contributed by atoms with Crippen molar-refractivity contribution in [3.05, 3.63) is 88.5 Å². The Morgan fingerprint density at radius 3 is 2.62 bits per heavy atom. The summed E-state index contributed by atoms with van der Waals surface area (Å²) in [7, 11) is 0. The number of aryl methyl sites for hydroxylation is 1. The molecule has 0 unspecified atom stereocenters. The summed E-state index contributed by atoms with van der Waals surface area (Å²) >= 11 is 0. The second-order valence-corrected chi connectivity index (χ2v) is 6.93. The van der Waals surface area contributed by atoms with Gasteiger partial charge in [0, 0.05) is 11.8 Å². The number of aliphatic hydroxyl groups excluding tert-OH is 1. The molecule has 3 aromatic rings. The molecule has 1 aliphatic heterocycles. The van der Waals surface area contributed by atoms with Gasteiger partial charge in [0.15, 0.2) is 0 Å². The van der Waals surface area contributed by atoms with Gasteiger partial charge in [0.05, 0.1) is 30.7 Å². The minimum atomic E-state index is -0.628. The third-order valence-electron chi connectivity index (χ3n) is 4.94. The van der Waals surface area contributed by atoms with Crippen molar-refractivity contribution < 1.29 is 18.6 Å². The van der Waals surface area contributed by atoms with Crippen LogP contribution in [0.25, 0.3) is 0 Å². The molecule has 1 heterocycles. The van der Waals surface area contributed by atoms with E-state index in [2.05, 4.69) is 4.99 Å². The molecule has 3 aromatic carbocycles. The summed E-state index contributed by atoms with van der Waals surface area (Å²) in [5, 5.41) is 9.37. The molecule has 4 rings (SSSR count). The van der Waals surface area contributed by atoms with Crippen molar-refractivity contribution in [1.29, 1.82) is 0 Å². The smallest absolute Gasteiger partial charge is 0.132 e. The first-order valence-corrected chi connectivity index (χ1v) is 9.25. The number of benzene rings is 3. The lowest BCUT2D eigenvalue weighted by atomic mass is 10.1. The van der Waals surface area contributed by atoms with Crippen LogP contribution in [0, 0.1) is 18.6 Å². The fourth-order valence-corrected chi connectivity index (χ4v) is 3.31. The lowest BCUT2D eigenvalue weighted by Crippen LogP contribution is -2.24. The monoisotopic (exact) mass is 394 g/mol. The second-order valence-electron chi connectivity index (χ2n) is 6.93. The molecule has 0 bridgehead atoms. The summed E-state index contributed by atoms with van der Waals surface area (Å²) in [5.74, 6) is -0.745. The number of anilines is 1. The summed E-state index contributed by atoms with van der Waals surface area (Å²) in [6.45, 7) is 2.35. The van der Waals surface area contributed by atoms with Crippen molar-refractivity contribution in [3.8, 4) is 5.75 Å². The number of fused-ring (bicyclic) bond motifs is 1. The van der Waals surface area contributed by atoms with E-state index in [0.717, 1.165) is 28.1 Å². The third kappa shape index (κ3) is 3.98. The Morgan fingerprint density at radius 2 is 1.86 bits per heavy atom. The zero-order valence-electron chi connectivity index (χ0n) is 15.9. The number of aliphatic imine (C=N–C) groups is 1. The SMILES string of the molecule is Cc1ccc(OCc2c(F)cccc2F)cc1N1C=Nc2ccc(CO)cc2C1. The summed E-state index contributed by atoms with van der Waals surface area (Å²) in [6.07, 6.45) is 1.75. The number of hydrogen-bond donors (Lipinski definition) is 1. The van der Waals surface area contributed by atoms with Gasteiger partial charge in [-0.3, -0.25) is 0 Å². The van der Waals surface area contributed by atoms with Gasteiger partial charge in [-0.1, -0.05) is 18.2 Å². The van der Waals surface area contributed by atoms with Crippen LogP contribution in [0.4, 0.5) is 20.2 Å². The molecule has 0 spiro atoms. The minimum Gasteiger partial charge on any atom is -0.489 e. The zero-order valence-corrected chi connectivity index (χ0v) is 15.9. The summed E-state index contributed by atoms with van der Waals surface area (Å²) < 4.78 is 33.3. The van der Waals surface area contributed by atoms with Gasteiger partial charge in [0.25, 0.3) is 0 Å². The highest BCUT2D eigenvalue weighted by atomic mass is 19.1. The van der Waals surface area contributed by atoms with Crippen LogP contribution >= 0.6 is 0 Å². The average molecular weight is 394 g/mol. The maximum atomic E-state index is 13.8. The number of hydrogen-bond acceptors (Lipinski definition) is 4. The van der Waals surface area contributed by atoms with Crippen LogP contribution in [0.2, 0.25) is 0 Å². The molecule has 1 aliphatic rings. The van der Waals surface area contributed by atoms with E-state index in [1.165, 1.54) is 18.2 Å². The number of ether oxygens (including phenoxy) is 1. The highest BCUT2D eigenvalue weighted by molar-refractivity contribution is 5.85. The Morgan fingerprint density at radius 1 is 1.07 bits per heavy atom. The fourth-order valence-electron chi connectivity index (χ4n) is 3.31. The van der Waals surface area contributed by atoms with Gasteiger partial charge in [0.2, 0.25) is 0 Å². The van der Waals surface area contributed by atoms with E-state index < -0.39 is 11.6 Å². The molecule has 0 aromatic heterocycles. The molecule has 1 N–H and O–H groups in total. The van der Waals surface area contributed by atoms with Crippen molar-refractivity contribution in [2.24, 2.45) is 4.99 Å². The molecule has 6 heteroatoms. The number of nitrogens with zero attached hydrogens (tertiary/aromatic N) is 2. The standard InChI is InChI=1S/C23H20F2N2O2/c1-15-5-7-18(29-13-19-20(24)3-2-4-21(19)25)10-23(15)27-11-17-9-16(12-28)6-8-22(17)26-14-27/h2-10,14,28H,11-13H2,1H3. The first-order valence-electron chi connectivity index (χ1n) is 9.25. The molecule has 0 saturated carbocycles. The van der Waals surface area contributed by atoms with Crippen LogP contribution in [0.5, 0.6) is 5.75 Å².